The van der Waals surface area contributed by atoms with Crippen molar-refractivity contribution < 1.29 is 0 Å². The van der Waals surface area contributed by atoms with Crippen molar-refractivity contribution in [3.63, 3.8) is 0 Å². The summed E-state index contributed by atoms with van der Waals surface area (Å²) in [5, 5.41) is 0. The van der Waals surface area contributed by atoms with Crippen LogP contribution in [0, 0.1) is 5.92 Å². The molecule has 0 amide bonds. The maximum absolute atomic E-state index is 6.29. The Hall–Kier alpha value is -0.530. The van der Waals surface area contributed by atoms with Crippen molar-refractivity contribution in [2.75, 3.05) is 0 Å². The summed E-state index contributed by atoms with van der Waals surface area (Å²) in [7, 11) is 0. The number of nitrogens with two attached hydrogens (primary N) is 1. The van der Waals surface area contributed by atoms with Crippen molar-refractivity contribution in [3.05, 3.63) is 35.4 Å². The predicted octanol–water partition coefficient (Wildman–Crippen LogP) is 3.86. The minimum Gasteiger partial charge on any atom is -0.324 e. The van der Waals surface area contributed by atoms with Crippen molar-refractivity contribution in [2.45, 2.75) is 45.1 Å². The zero-order valence-corrected chi connectivity index (χ0v) is 10.8. The molecule has 0 spiro atoms. The molecule has 1 aliphatic rings. The number of hydrogen-bond acceptors (Lipinski definition) is 1. The Morgan fingerprint density at radius 1 is 1.19 bits per heavy atom. The van der Waals surface area contributed by atoms with E-state index in [-0.39, 0.29) is 18.4 Å². The molecule has 0 radical (unpaired) electrons. The van der Waals surface area contributed by atoms with Crippen LogP contribution >= 0.6 is 12.4 Å². The molecule has 16 heavy (non-hydrogen) atoms. The highest BCUT2D eigenvalue weighted by Crippen LogP contribution is 2.34. The Bertz CT molecular complexity index is 301. The van der Waals surface area contributed by atoms with Crippen molar-refractivity contribution in [3.8, 4) is 0 Å². The van der Waals surface area contributed by atoms with E-state index in [0.29, 0.717) is 0 Å². The lowest BCUT2D eigenvalue weighted by atomic mass is 9.92. The van der Waals surface area contributed by atoms with Crippen molar-refractivity contribution in [1.29, 1.82) is 0 Å². The lowest BCUT2D eigenvalue weighted by Crippen LogP contribution is -2.18. The molecular formula is C14H22ClN. The first-order valence-corrected chi connectivity index (χ1v) is 6.15. The highest BCUT2D eigenvalue weighted by molar-refractivity contribution is 5.85. The standard InChI is InChI=1S/C14H21N.ClH/c1-2-11-7-9-13(10-8-11)14(15)12-5-3-4-6-12;/h7-10,12,14H,2-6,15H2,1H3;1H/t14-;/m0./s1. The second-order valence-electron chi connectivity index (χ2n) is 4.67. The third kappa shape index (κ3) is 2.99. The zero-order chi connectivity index (χ0) is 10.7. The van der Waals surface area contributed by atoms with Crippen LogP contribution in [0.4, 0.5) is 0 Å². The van der Waals surface area contributed by atoms with Gasteiger partial charge in [-0.25, -0.2) is 0 Å². The summed E-state index contributed by atoms with van der Waals surface area (Å²) in [4.78, 5) is 0. The molecule has 1 aliphatic carbocycles. The molecular weight excluding hydrogens is 218 g/mol. The second-order valence-corrected chi connectivity index (χ2v) is 4.67. The monoisotopic (exact) mass is 239 g/mol. The van der Waals surface area contributed by atoms with Crippen molar-refractivity contribution in [1.82, 2.24) is 0 Å². The van der Waals surface area contributed by atoms with Crippen LogP contribution in [0.2, 0.25) is 0 Å². The van der Waals surface area contributed by atoms with E-state index in [1.54, 1.807) is 0 Å². The average Bonchev–Trinajstić information content (AvgIpc) is 2.82. The summed E-state index contributed by atoms with van der Waals surface area (Å²) in [6.07, 6.45) is 6.48. The minimum atomic E-state index is 0. The Balaban J connectivity index is 0.00000128. The number of benzene rings is 1. The molecule has 2 N–H and O–H groups in total. The van der Waals surface area contributed by atoms with E-state index in [2.05, 4.69) is 31.2 Å². The molecule has 2 rings (SSSR count). The fourth-order valence-corrected chi connectivity index (χ4v) is 2.56. The van der Waals surface area contributed by atoms with E-state index in [1.807, 2.05) is 0 Å². The Morgan fingerprint density at radius 3 is 2.25 bits per heavy atom. The van der Waals surface area contributed by atoms with Gasteiger partial charge in [-0.3, -0.25) is 0 Å². The summed E-state index contributed by atoms with van der Waals surface area (Å²) in [5.41, 5.74) is 9.01. The molecule has 0 aliphatic heterocycles. The molecule has 0 unspecified atom stereocenters. The van der Waals surface area contributed by atoms with Gasteiger partial charge in [0.25, 0.3) is 0 Å². The first-order chi connectivity index (χ1) is 7.31. The van der Waals surface area contributed by atoms with Gasteiger partial charge < -0.3 is 5.73 Å². The first-order valence-electron chi connectivity index (χ1n) is 6.15. The van der Waals surface area contributed by atoms with Crippen LogP contribution in [-0.2, 0) is 6.42 Å². The highest BCUT2D eigenvalue weighted by Gasteiger charge is 2.22. The molecule has 1 fully saturated rings. The molecule has 0 bridgehead atoms. The Morgan fingerprint density at radius 2 is 1.75 bits per heavy atom. The topological polar surface area (TPSA) is 26.0 Å². The fraction of sp³-hybridized carbons (Fsp3) is 0.571. The van der Waals surface area contributed by atoms with Crippen LogP contribution in [0.15, 0.2) is 24.3 Å². The average molecular weight is 240 g/mol. The summed E-state index contributed by atoms with van der Waals surface area (Å²) < 4.78 is 0. The molecule has 0 aromatic heterocycles. The van der Waals surface area contributed by atoms with E-state index in [0.717, 1.165) is 12.3 Å². The van der Waals surface area contributed by atoms with Gasteiger partial charge in [-0.2, -0.15) is 0 Å². The lowest BCUT2D eigenvalue weighted by Gasteiger charge is -2.19. The van der Waals surface area contributed by atoms with Crippen molar-refractivity contribution in [2.24, 2.45) is 11.7 Å². The second kappa shape index (κ2) is 6.27. The van der Waals surface area contributed by atoms with Gasteiger partial charge in [-0.15, -0.1) is 12.4 Å². The number of hydrogen-bond donors (Lipinski definition) is 1. The molecule has 1 atom stereocenters. The number of aryl methyl sites for hydroxylation is 1. The van der Waals surface area contributed by atoms with Crippen LogP contribution in [0.3, 0.4) is 0 Å². The van der Waals surface area contributed by atoms with Crippen LogP contribution < -0.4 is 5.73 Å². The van der Waals surface area contributed by atoms with Crippen molar-refractivity contribution >= 4 is 12.4 Å². The highest BCUT2D eigenvalue weighted by atomic mass is 35.5. The van der Waals surface area contributed by atoms with Gasteiger partial charge in [-0.05, 0) is 36.3 Å². The molecule has 90 valence electrons. The zero-order valence-electron chi connectivity index (χ0n) is 9.99. The van der Waals surface area contributed by atoms with E-state index in [4.69, 9.17) is 5.73 Å². The Labute approximate surface area is 105 Å². The third-order valence-corrected chi connectivity index (χ3v) is 3.68. The summed E-state index contributed by atoms with van der Waals surface area (Å²) in [6.45, 7) is 2.19. The van der Waals surface area contributed by atoms with Gasteiger partial charge in [0.1, 0.15) is 0 Å². The maximum atomic E-state index is 6.29. The molecule has 1 nitrogen and oxygen atoms in total. The number of rotatable bonds is 3. The van der Waals surface area contributed by atoms with Gasteiger partial charge in [0.05, 0.1) is 0 Å². The molecule has 1 saturated carbocycles. The SMILES string of the molecule is CCc1ccc([C@@H](N)C2CCCC2)cc1.Cl. The van der Waals surface area contributed by atoms with Gasteiger partial charge in [0.15, 0.2) is 0 Å². The van der Waals surface area contributed by atoms with E-state index in [9.17, 15) is 0 Å². The summed E-state index contributed by atoms with van der Waals surface area (Å²) >= 11 is 0. The van der Waals surface area contributed by atoms with Gasteiger partial charge >= 0.3 is 0 Å². The van der Waals surface area contributed by atoms with E-state index in [1.165, 1.54) is 36.8 Å². The van der Waals surface area contributed by atoms with Crippen LogP contribution in [0.5, 0.6) is 0 Å². The largest absolute Gasteiger partial charge is 0.324 e. The third-order valence-electron chi connectivity index (χ3n) is 3.68. The first kappa shape index (κ1) is 13.5. The quantitative estimate of drug-likeness (QED) is 0.852. The van der Waals surface area contributed by atoms with Gasteiger partial charge in [-0.1, -0.05) is 44.0 Å². The number of halogens is 1. The summed E-state index contributed by atoms with van der Waals surface area (Å²) in [5.74, 6) is 0.720. The fourth-order valence-electron chi connectivity index (χ4n) is 2.56. The lowest BCUT2D eigenvalue weighted by molar-refractivity contribution is 0.445. The van der Waals surface area contributed by atoms with Crippen LogP contribution in [0.1, 0.15) is 49.8 Å². The van der Waals surface area contributed by atoms with E-state index >= 15 is 0 Å². The minimum absolute atomic E-state index is 0. The van der Waals surface area contributed by atoms with E-state index < -0.39 is 0 Å². The molecule has 0 heterocycles. The predicted molar refractivity (Wildman–Crippen MR) is 72.0 cm³/mol. The molecule has 1 aromatic carbocycles. The molecule has 0 saturated heterocycles. The molecule has 2 heteroatoms. The summed E-state index contributed by atoms with van der Waals surface area (Å²) in [6, 6.07) is 9.11. The van der Waals surface area contributed by atoms with Crippen LogP contribution in [0.25, 0.3) is 0 Å². The normalized spacial score (nSPS) is 18.1. The Kier molecular flexibility index (Phi) is 5.30. The van der Waals surface area contributed by atoms with Crippen LogP contribution in [-0.4, -0.2) is 0 Å². The van der Waals surface area contributed by atoms with Gasteiger partial charge in [0.2, 0.25) is 0 Å². The maximum Gasteiger partial charge on any atom is 0.0323 e. The van der Waals surface area contributed by atoms with Gasteiger partial charge in [0, 0.05) is 6.04 Å². The smallest absolute Gasteiger partial charge is 0.0323 e. The molecule has 1 aromatic rings.